The van der Waals surface area contributed by atoms with Crippen molar-refractivity contribution in [2.75, 3.05) is 26.3 Å². The highest BCUT2D eigenvalue weighted by atomic mass is 19.4. The van der Waals surface area contributed by atoms with Crippen LogP contribution < -0.4 is 4.74 Å². The van der Waals surface area contributed by atoms with Gasteiger partial charge in [0.05, 0.1) is 18.8 Å². The average molecular weight is 409 g/mol. The number of carbonyl (C=O) groups is 2. The summed E-state index contributed by atoms with van der Waals surface area (Å²) in [5, 5.41) is 0. The highest BCUT2D eigenvalue weighted by Gasteiger charge is 2.32. The zero-order valence-corrected chi connectivity index (χ0v) is 15.2. The van der Waals surface area contributed by atoms with Gasteiger partial charge in [-0.05, 0) is 24.3 Å². The number of nitrogens with zero attached hydrogens (tertiary/aromatic N) is 1. The highest BCUT2D eigenvalue weighted by Crippen LogP contribution is 2.25. The van der Waals surface area contributed by atoms with Crippen LogP contribution in [0.25, 0.3) is 0 Å². The van der Waals surface area contributed by atoms with E-state index in [2.05, 4.69) is 4.74 Å². The molecule has 1 aliphatic rings. The monoisotopic (exact) mass is 409 g/mol. The molecule has 9 heteroatoms. The maximum atomic E-state index is 12.9. The molecule has 0 spiro atoms. The molecular formula is C20H18F3NO5. The first-order valence-electron chi connectivity index (χ1n) is 8.82. The molecular weight excluding hydrogens is 391 g/mol. The first-order chi connectivity index (χ1) is 13.8. The van der Waals surface area contributed by atoms with Crippen LogP contribution in [-0.4, -0.2) is 49.4 Å². The molecule has 0 N–H and O–H groups in total. The van der Waals surface area contributed by atoms with E-state index in [1.165, 1.54) is 0 Å². The molecule has 0 aromatic heterocycles. The van der Waals surface area contributed by atoms with Crippen molar-refractivity contribution in [1.29, 1.82) is 0 Å². The predicted molar refractivity (Wildman–Crippen MR) is 95.1 cm³/mol. The molecule has 1 aliphatic heterocycles. The first-order valence-corrected chi connectivity index (χ1v) is 8.82. The standard InChI is InChI=1S/C20H18F3NO5/c21-20(22,23)29-16-8-6-15(7-9-16)19(26)28-17(14-4-2-1-3-5-14)18(25)24-10-12-27-13-11-24/h1-9,17H,10-13H2. The lowest BCUT2D eigenvalue weighted by atomic mass is 10.1. The minimum Gasteiger partial charge on any atom is -0.444 e. The molecule has 2 aromatic rings. The lowest BCUT2D eigenvalue weighted by Crippen LogP contribution is -2.44. The zero-order valence-electron chi connectivity index (χ0n) is 15.2. The van der Waals surface area contributed by atoms with Crippen molar-refractivity contribution in [1.82, 2.24) is 4.90 Å². The number of carbonyl (C=O) groups excluding carboxylic acids is 2. The van der Waals surface area contributed by atoms with Gasteiger partial charge in [0.2, 0.25) is 6.10 Å². The number of hydrogen-bond donors (Lipinski definition) is 0. The van der Waals surface area contributed by atoms with E-state index in [1.807, 2.05) is 0 Å². The van der Waals surface area contributed by atoms with Crippen LogP contribution in [-0.2, 0) is 14.3 Å². The normalized spacial score (nSPS) is 15.5. The molecule has 0 radical (unpaired) electrons. The van der Waals surface area contributed by atoms with Gasteiger partial charge >= 0.3 is 12.3 Å². The summed E-state index contributed by atoms with van der Waals surface area (Å²) in [4.78, 5) is 27.0. The van der Waals surface area contributed by atoms with Crippen LogP contribution in [0.2, 0.25) is 0 Å². The molecule has 1 fully saturated rings. The maximum Gasteiger partial charge on any atom is 0.573 e. The first kappa shape index (κ1) is 20.7. The third-order valence-corrected chi connectivity index (χ3v) is 4.20. The van der Waals surface area contributed by atoms with Gasteiger partial charge in [-0.1, -0.05) is 30.3 Å². The van der Waals surface area contributed by atoms with Gasteiger partial charge in [0.15, 0.2) is 0 Å². The average Bonchev–Trinajstić information content (AvgIpc) is 2.72. The number of rotatable bonds is 5. The molecule has 0 aliphatic carbocycles. The molecule has 154 valence electrons. The molecule has 0 saturated carbocycles. The van der Waals surface area contributed by atoms with E-state index in [0.29, 0.717) is 31.9 Å². The predicted octanol–water partition coefficient (Wildman–Crippen LogP) is 3.34. The van der Waals surface area contributed by atoms with Crippen molar-refractivity contribution in [2.24, 2.45) is 0 Å². The van der Waals surface area contributed by atoms with Gasteiger partial charge in [-0.3, -0.25) is 4.79 Å². The quantitative estimate of drug-likeness (QED) is 0.709. The number of hydrogen-bond acceptors (Lipinski definition) is 5. The summed E-state index contributed by atoms with van der Waals surface area (Å²) in [5.74, 6) is -1.68. The Balaban J connectivity index is 1.76. The van der Waals surface area contributed by atoms with Gasteiger partial charge < -0.3 is 19.1 Å². The smallest absolute Gasteiger partial charge is 0.444 e. The van der Waals surface area contributed by atoms with Crippen molar-refractivity contribution in [3.63, 3.8) is 0 Å². The second-order valence-electron chi connectivity index (χ2n) is 6.21. The topological polar surface area (TPSA) is 65.1 Å². The fraction of sp³-hybridized carbons (Fsp3) is 0.300. The minimum absolute atomic E-state index is 0.00441. The summed E-state index contributed by atoms with van der Waals surface area (Å²) in [6, 6.07) is 12.8. The summed E-state index contributed by atoms with van der Waals surface area (Å²) in [7, 11) is 0. The van der Waals surface area contributed by atoms with E-state index in [4.69, 9.17) is 9.47 Å². The lowest BCUT2D eigenvalue weighted by Gasteiger charge is -2.30. The van der Waals surface area contributed by atoms with E-state index in [-0.39, 0.29) is 11.5 Å². The zero-order chi connectivity index (χ0) is 20.9. The lowest BCUT2D eigenvalue weighted by molar-refractivity contribution is -0.274. The van der Waals surface area contributed by atoms with Crippen molar-refractivity contribution < 1.29 is 37.0 Å². The summed E-state index contributed by atoms with van der Waals surface area (Å²) in [5.41, 5.74) is 0.490. The Morgan fingerprint density at radius 3 is 2.17 bits per heavy atom. The molecule has 0 bridgehead atoms. The molecule has 1 amide bonds. The molecule has 2 aromatic carbocycles. The number of benzene rings is 2. The summed E-state index contributed by atoms with van der Waals surface area (Å²) >= 11 is 0. The summed E-state index contributed by atoms with van der Waals surface area (Å²) < 4.78 is 51.2. The summed E-state index contributed by atoms with van der Waals surface area (Å²) in [6.07, 6.45) is -6.00. The Morgan fingerprint density at radius 1 is 0.966 bits per heavy atom. The van der Waals surface area contributed by atoms with E-state index in [1.54, 1.807) is 35.2 Å². The van der Waals surface area contributed by atoms with Crippen LogP contribution in [0, 0.1) is 0 Å². The van der Waals surface area contributed by atoms with Gasteiger partial charge in [-0.15, -0.1) is 13.2 Å². The van der Waals surface area contributed by atoms with E-state index < -0.39 is 24.2 Å². The number of morpholine rings is 1. The molecule has 29 heavy (non-hydrogen) atoms. The van der Waals surface area contributed by atoms with Crippen molar-refractivity contribution in [2.45, 2.75) is 12.5 Å². The second-order valence-corrected chi connectivity index (χ2v) is 6.21. The van der Waals surface area contributed by atoms with Crippen LogP contribution in [0.5, 0.6) is 5.75 Å². The number of alkyl halides is 3. The number of amides is 1. The van der Waals surface area contributed by atoms with Crippen LogP contribution in [0.15, 0.2) is 54.6 Å². The fourth-order valence-corrected chi connectivity index (χ4v) is 2.81. The van der Waals surface area contributed by atoms with E-state index in [9.17, 15) is 22.8 Å². The van der Waals surface area contributed by atoms with Crippen LogP contribution in [0.1, 0.15) is 22.0 Å². The van der Waals surface area contributed by atoms with Gasteiger partial charge in [-0.25, -0.2) is 4.79 Å². The van der Waals surface area contributed by atoms with Gasteiger partial charge in [0, 0.05) is 18.7 Å². The van der Waals surface area contributed by atoms with Crippen molar-refractivity contribution in [3.05, 3.63) is 65.7 Å². The maximum absolute atomic E-state index is 12.9. The van der Waals surface area contributed by atoms with Crippen LogP contribution in [0.3, 0.4) is 0 Å². The molecule has 1 atom stereocenters. The Bertz CT molecular complexity index is 833. The van der Waals surface area contributed by atoms with Gasteiger partial charge in [0.25, 0.3) is 5.91 Å². The largest absolute Gasteiger partial charge is 0.573 e. The Hall–Kier alpha value is -3.07. The Labute approximate surface area is 164 Å². The molecule has 1 unspecified atom stereocenters. The third-order valence-electron chi connectivity index (χ3n) is 4.20. The number of ether oxygens (including phenoxy) is 3. The van der Waals surface area contributed by atoms with Crippen molar-refractivity contribution in [3.8, 4) is 5.75 Å². The minimum atomic E-state index is -4.83. The number of halogens is 3. The highest BCUT2D eigenvalue weighted by molar-refractivity contribution is 5.92. The van der Waals surface area contributed by atoms with Crippen LogP contribution in [0.4, 0.5) is 13.2 Å². The third kappa shape index (κ3) is 5.71. The SMILES string of the molecule is O=C(OC(C(=O)N1CCOCC1)c1ccccc1)c1ccc(OC(F)(F)F)cc1. The Kier molecular flexibility index (Phi) is 6.38. The Morgan fingerprint density at radius 2 is 1.59 bits per heavy atom. The van der Waals surface area contributed by atoms with Gasteiger partial charge in [0.1, 0.15) is 5.75 Å². The van der Waals surface area contributed by atoms with Crippen molar-refractivity contribution >= 4 is 11.9 Å². The van der Waals surface area contributed by atoms with Gasteiger partial charge in [-0.2, -0.15) is 0 Å². The molecule has 3 rings (SSSR count). The number of esters is 1. The summed E-state index contributed by atoms with van der Waals surface area (Å²) in [6.45, 7) is 1.54. The molecule has 1 heterocycles. The van der Waals surface area contributed by atoms with Crippen LogP contribution >= 0.6 is 0 Å². The van der Waals surface area contributed by atoms with E-state index >= 15 is 0 Å². The second kappa shape index (κ2) is 8.95. The fourth-order valence-electron chi connectivity index (χ4n) is 2.81. The molecule has 6 nitrogen and oxygen atoms in total. The molecule has 1 saturated heterocycles. The van der Waals surface area contributed by atoms with E-state index in [0.717, 1.165) is 24.3 Å².